The lowest BCUT2D eigenvalue weighted by atomic mass is 10.1. The van der Waals surface area contributed by atoms with E-state index in [1.54, 1.807) is 5.32 Å². The lowest BCUT2D eigenvalue weighted by Crippen LogP contribution is -2.30. The second-order valence-corrected chi connectivity index (χ2v) is 5.79. The Labute approximate surface area is 162 Å². The predicted octanol–water partition coefficient (Wildman–Crippen LogP) is 3.19. The smallest absolute Gasteiger partial charge is 0.452 e. The van der Waals surface area contributed by atoms with Gasteiger partial charge in [-0.1, -0.05) is 6.07 Å². The molecule has 0 aliphatic carbocycles. The number of benzene rings is 2. The third-order valence-electron chi connectivity index (χ3n) is 3.52. The molecule has 0 heterocycles. The van der Waals surface area contributed by atoms with Crippen LogP contribution in [0.15, 0.2) is 48.5 Å². The van der Waals surface area contributed by atoms with Gasteiger partial charge in [-0.2, -0.15) is 13.2 Å². The maximum atomic E-state index is 12.3. The summed E-state index contributed by atoms with van der Waals surface area (Å²) in [5.74, 6) is -3.94. The van der Waals surface area contributed by atoms with Crippen LogP contribution >= 0.6 is 0 Å². The Bertz CT molecular complexity index is 940. The monoisotopic (exact) mass is 408 g/mol. The van der Waals surface area contributed by atoms with E-state index < -0.39 is 30.6 Å². The number of carbonyl (C=O) groups is 4. The number of nitrogens with one attached hydrogen (secondary N) is 2. The minimum Gasteiger partial charge on any atom is -0.452 e. The minimum atomic E-state index is -5.07. The van der Waals surface area contributed by atoms with Gasteiger partial charge in [0.1, 0.15) is 0 Å². The van der Waals surface area contributed by atoms with Gasteiger partial charge in [-0.05, 0) is 49.4 Å². The first kappa shape index (κ1) is 21.6. The fourth-order valence-electron chi connectivity index (χ4n) is 2.13. The quantitative estimate of drug-likeness (QED) is 0.565. The molecule has 29 heavy (non-hydrogen) atoms. The topological polar surface area (TPSA) is 102 Å². The fourth-order valence-corrected chi connectivity index (χ4v) is 2.13. The highest BCUT2D eigenvalue weighted by molar-refractivity contribution is 5.99. The number of anilines is 2. The average Bonchev–Trinajstić information content (AvgIpc) is 2.66. The van der Waals surface area contributed by atoms with Gasteiger partial charge >= 0.3 is 18.1 Å². The van der Waals surface area contributed by atoms with Crippen molar-refractivity contribution in [3.8, 4) is 0 Å². The summed E-state index contributed by atoms with van der Waals surface area (Å²) in [6.45, 7) is 0.753. The molecule has 152 valence electrons. The van der Waals surface area contributed by atoms with Crippen LogP contribution in [0.4, 0.5) is 24.5 Å². The number of carbonyl (C=O) groups excluding carboxylic acids is 4. The van der Waals surface area contributed by atoms with Gasteiger partial charge in [0.2, 0.25) is 0 Å². The van der Waals surface area contributed by atoms with E-state index in [1.165, 1.54) is 43.3 Å². The number of esters is 1. The van der Waals surface area contributed by atoms with Crippen LogP contribution in [0.1, 0.15) is 27.6 Å². The van der Waals surface area contributed by atoms with E-state index in [1.807, 2.05) is 0 Å². The summed E-state index contributed by atoms with van der Waals surface area (Å²) >= 11 is 0. The molecule has 7 nitrogen and oxygen atoms in total. The van der Waals surface area contributed by atoms with Gasteiger partial charge in [0.05, 0.1) is 5.56 Å². The molecule has 0 aromatic heterocycles. The Morgan fingerprint density at radius 1 is 0.897 bits per heavy atom. The van der Waals surface area contributed by atoms with Gasteiger partial charge in [-0.3, -0.25) is 14.4 Å². The van der Waals surface area contributed by atoms with Crippen molar-refractivity contribution < 1.29 is 37.1 Å². The molecule has 0 aliphatic rings. The van der Waals surface area contributed by atoms with Crippen LogP contribution in [-0.4, -0.2) is 36.4 Å². The van der Waals surface area contributed by atoms with Crippen LogP contribution in [0.5, 0.6) is 0 Å². The lowest BCUT2D eigenvalue weighted by molar-refractivity contribution is -0.167. The van der Waals surface area contributed by atoms with Gasteiger partial charge in [-0.25, -0.2) is 4.79 Å². The van der Waals surface area contributed by atoms with Gasteiger partial charge in [0.25, 0.3) is 5.91 Å². The number of halogens is 3. The highest BCUT2D eigenvalue weighted by Gasteiger charge is 2.38. The maximum absolute atomic E-state index is 12.3. The summed E-state index contributed by atoms with van der Waals surface area (Å²) < 4.78 is 41.6. The molecule has 0 unspecified atom stereocenters. The lowest BCUT2D eigenvalue weighted by Gasteiger charge is -2.10. The normalized spacial score (nSPS) is 10.8. The SMILES string of the molecule is CC(=O)c1ccc(NC(=O)COC(=O)c2cccc(NC(=O)C(F)(F)F)c2)cc1. The summed E-state index contributed by atoms with van der Waals surface area (Å²) in [6.07, 6.45) is -5.07. The van der Waals surface area contributed by atoms with Gasteiger partial charge in [0.15, 0.2) is 12.4 Å². The van der Waals surface area contributed by atoms with Crippen LogP contribution in [0.25, 0.3) is 0 Å². The van der Waals surface area contributed by atoms with Crippen LogP contribution in [0.2, 0.25) is 0 Å². The predicted molar refractivity (Wildman–Crippen MR) is 96.5 cm³/mol. The number of Topliss-reactive ketones (excluding diaryl/α,β-unsaturated/α-hetero) is 1. The van der Waals surface area contributed by atoms with Crippen molar-refractivity contribution >= 4 is 34.9 Å². The van der Waals surface area contributed by atoms with E-state index in [0.717, 1.165) is 12.1 Å². The molecule has 0 aliphatic heterocycles. The molecule has 0 bridgehead atoms. The molecule has 0 fully saturated rings. The van der Waals surface area contributed by atoms with Crippen molar-refractivity contribution in [2.75, 3.05) is 17.2 Å². The van der Waals surface area contributed by atoms with Crippen molar-refractivity contribution in [3.63, 3.8) is 0 Å². The summed E-state index contributed by atoms with van der Waals surface area (Å²) in [4.78, 5) is 46.0. The van der Waals surface area contributed by atoms with Crippen molar-refractivity contribution in [2.45, 2.75) is 13.1 Å². The van der Waals surface area contributed by atoms with E-state index in [-0.39, 0.29) is 17.0 Å². The van der Waals surface area contributed by atoms with Crippen LogP contribution in [-0.2, 0) is 14.3 Å². The second-order valence-electron chi connectivity index (χ2n) is 5.79. The van der Waals surface area contributed by atoms with E-state index in [2.05, 4.69) is 5.32 Å². The van der Waals surface area contributed by atoms with Gasteiger partial charge < -0.3 is 15.4 Å². The molecule has 0 atom stereocenters. The molecule has 2 aromatic carbocycles. The van der Waals surface area contributed by atoms with Gasteiger partial charge in [-0.15, -0.1) is 0 Å². The van der Waals surface area contributed by atoms with E-state index in [9.17, 15) is 32.3 Å². The number of amides is 2. The van der Waals surface area contributed by atoms with Crippen molar-refractivity contribution in [2.24, 2.45) is 0 Å². The van der Waals surface area contributed by atoms with Crippen molar-refractivity contribution in [1.82, 2.24) is 0 Å². The molecule has 2 aromatic rings. The number of ketones is 1. The molecular formula is C19H15F3N2O5. The first-order chi connectivity index (χ1) is 13.6. The van der Waals surface area contributed by atoms with Crippen molar-refractivity contribution in [3.05, 3.63) is 59.7 Å². The van der Waals surface area contributed by atoms with E-state index in [4.69, 9.17) is 4.74 Å². The number of ether oxygens (including phenoxy) is 1. The fraction of sp³-hybridized carbons (Fsp3) is 0.158. The highest BCUT2D eigenvalue weighted by Crippen LogP contribution is 2.19. The molecule has 2 rings (SSSR count). The number of hydrogen-bond acceptors (Lipinski definition) is 5. The third-order valence-corrected chi connectivity index (χ3v) is 3.52. The third kappa shape index (κ3) is 6.45. The number of alkyl halides is 3. The summed E-state index contributed by atoms with van der Waals surface area (Å²) in [5.41, 5.74) is 0.445. The Morgan fingerprint density at radius 2 is 1.55 bits per heavy atom. The maximum Gasteiger partial charge on any atom is 0.471 e. The molecular weight excluding hydrogens is 393 g/mol. The second kappa shape index (κ2) is 9.00. The Hall–Kier alpha value is -3.69. The average molecular weight is 408 g/mol. The summed E-state index contributed by atoms with van der Waals surface area (Å²) in [7, 11) is 0. The van der Waals surface area contributed by atoms with Crippen LogP contribution in [0.3, 0.4) is 0 Å². The van der Waals surface area contributed by atoms with E-state index in [0.29, 0.717) is 11.3 Å². The zero-order valence-electron chi connectivity index (χ0n) is 15.0. The zero-order chi connectivity index (χ0) is 21.6. The largest absolute Gasteiger partial charge is 0.471 e. The minimum absolute atomic E-state index is 0.134. The highest BCUT2D eigenvalue weighted by atomic mass is 19.4. The van der Waals surface area contributed by atoms with E-state index >= 15 is 0 Å². The first-order valence-electron chi connectivity index (χ1n) is 8.12. The number of rotatable bonds is 6. The Balaban J connectivity index is 1.91. The van der Waals surface area contributed by atoms with Gasteiger partial charge in [0, 0.05) is 16.9 Å². The molecule has 0 saturated carbocycles. The van der Waals surface area contributed by atoms with Crippen LogP contribution < -0.4 is 10.6 Å². The van der Waals surface area contributed by atoms with Crippen molar-refractivity contribution in [1.29, 1.82) is 0 Å². The molecule has 2 N–H and O–H groups in total. The standard InChI is InChI=1S/C19H15F3N2O5/c1-11(25)12-5-7-14(8-6-12)23-16(26)10-29-17(27)13-3-2-4-15(9-13)24-18(28)19(20,21)22/h2-9H,10H2,1H3,(H,23,26)(H,24,28). The summed E-state index contributed by atoms with van der Waals surface area (Å²) in [6, 6.07) is 10.7. The van der Waals surface area contributed by atoms with Crippen LogP contribution in [0, 0.1) is 0 Å². The molecule has 0 spiro atoms. The molecule has 0 saturated heterocycles. The number of hydrogen-bond donors (Lipinski definition) is 2. The Morgan fingerprint density at radius 3 is 2.14 bits per heavy atom. The molecule has 10 heteroatoms. The Kier molecular flexibility index (Phi) is 6.71. The molecule has 2 amide bonds. The summed E-state index contributed by atoms with van der Waals surface area (Å²) in [5, 5.41) is 4.07. The first-order valence-corrected chi connectivity index (χ1v) is 8.12. The molecule has 0 radical (unpaired) electrons. The zero-order valence-corrected chi connectivity index (χ0v) is 15.0.